The molecule has 1 amide bonds. The number of piperazine rings is 1. The van der Waals surface area contributed by atoms with Gasteiger partial charge in [0.05, 0.1) is 11.1 Å². The molecule has 11 heteroatoms. The minimum atomic E-state index is -3.61. The average Bonchev–Trinajstić information content (AvgIpc) is 3.22. The summed E-state index contributed by atoms with van der Waals surface area (Å²) in [7, 11) is -3.61. The first-order valence-electron chi connectivity index (χ1n) is 10.6. The molecule has 2 heterocycles. The van der Waals surface area contributed by atoms with Gasteiger partial charge in [0.2, 0.25) is 10.0 Å². The number of hydrogen-bond donors (Lipinski definition) is 2. The molecular formula is C20H29N7O3S. The van der Waals surface area contributed by atoms with Gasteiger partial charge in [-0.25, -0.2) is 8.42 Å². The van der Waals surface area contributed by atoms with Crippen molar-refractivity contribution in [1.29, 1.82) is 0 Å². The first kappa shape index (κ1) is 21.9. The molecule has 2 aliphatic rings. The summed E-state index contributed by atoms with van der Waals surface area (Å²) in [5.74, 6) is 0.0383. The van der Waals surface area contributed by atoms with Crippen LogP contribution in [0.4, 0.5) is 5.69 Å². The molecule has 10 nitrogen and oxygen atoms in total. The molecular weight excluding hydrogens is 418 g/mol. The van der Waals surface area contributed by atoms with E-state index < -0.39 is 15.9 Å². The molecule has 0 bridgehead atoms. The van der Waals surface area contributed by atoms with Gasteiger partial charge in [-0.1, -0.05) is 18.2 Å². The number of nitrogens with two attached hydrogens (primary N) is 1. The summed E-state index contributed by atoms with van der Waals surface area (Å²) in [6.07, 6.45) is 3.51. The van der Waals surface area contributed by atoms with Crippen LogP contribution >= 0.6 is 0 Å². The predicted octanol–water partition coefficient (Wildman–Crippen LogP) is 0.594. The fourth-order valence-electron chi connectivity index (χ4n) is 4.06. The van der Waals surface area contributed by atoms with Gasteiger partial charge >= 0.3 is 0 Å². The Morgan fingerprint density at radius 3 is 2.65 bits per heavy atom. The van der Waals surface area contributed by atoms with E-state index in [-0.39, 0.29) is 16.6 Å². The summed E-state index contributed by atoms with van der Waals surface area (Å²) in [5.41, 5.74) is 6.40. The van der Waals surface area contributed by atoms with Gasteiger partial charge in [-0.15, -0.1) is 5.10 Å². The van der Waals surface area contributed by atoms with Gasteiger partial charge in [-0.05, 0) is 43.5 Å². The molecule has 1 saturated heterocycles. The largest absolute Gasteiger partial charge is 0.328 e. The third-order valence-corrected chi connectivity index (χ3v) is 7.89. The molecule has 31 heavy (non-hydrogen) atoms. The van der Waals surface area contributed by atoms with Gasteiger partial charge in [0.1, 0.15) is 0 Å². The summed E-state index contributed by atoms with van der Waals surface area (Å²) >= 11 is 0. The Kier molecular flexibility index (Phi) is 6.37. The Bertz CT molecular complexity index is 1020. The monoisotopic (exact) mass is 447 g/mol. The molecule has 4 rings (SSSR count). The first-order valence-corrected chi connectivity index (χ1v) is 12.1. The van der Waals surface area contributed by atoms with Crippen LogP contribution in [0.5, 0.6) is 0 Å². The fourth-order valence-corrected chi connectivity index (χ4v) is 5.53. The van der Waals surface area contributed by atoms with Gasteiger partial charge in [0.15, 0.2) is 5.69 Å². The normalized spacial score (nSPS) is 22.8. The average molecular weight is 448 g/mol. The van der Waals surface area contributed by atoms with Crippen LogP contribution in [0, 0.1) is 5.92 Å². The van der Waals surface area contributed by atoms with Crippen LogP contribution in [0.15, 0.2) is 35.4 Å². The van der Waals surface area contributed by atoms with Gasteiger partial charge < -0.3 is 16.0 Å². The zero-order valence-electron chi connectivity index (χ0n) is 17.6. The number of nitrogens with zero attached hydrogens (tertiary/aromatic N) is 5. The van der Waals surface area contributed by atoms with E-state index >= 15 is 0 Å². The van der Waals surface area contributed by atoms with Crippen molar-refractivity contribution in [2.24, 2.45) is 11.7 Å². The Hall–Kier alpha value is -2.34. The number of carbonyl (C=O) groups is 1. The number of sulfonamides is 1. The van der Waals surface area contributed by atoms with Crippen LogP contribution in [0.1, 0.15) is 30.3 Å². The maximum atomic E-state index is 13.0. The highest BCUT2D eigenvalue weighted by Crippen LogP contribution is 2.27. The number of likely N-dealkylation sites (N-methyl/N-ethyl adjacent to an activating group) is 1. The van der Waals surface area contributed by atoms with Crippen LogP contribution in [-0.2, 0) is 16.6 Å². The summed E-state index contributed by atoms with van der Waals surface area (Å²) in [6, 6.07) is 6.58. The fraction of sp³-hybridized carbons (Fsp3) is 0.550. The molecule has 1 aromatic carbocycles. The van der Waals surface area contributed by atoms with Crippen molar-refractivity contribution in [3.05, 3.63) is 36.2 Å². The highest BCUT2D eigenvalue weighted by Gasteiger charge is 2.29. The lowest BCUT2D eigenvalue weighted by atomic mass is 9.81. The highest BCUT2D eigenvalue weighted by atomic mass is 32.2. The van der Waals surface area contributed by atoms with E-state index in [1.807, 2.05) is 0 Å². The molecule has 2 fully saturated rings. The van der Waals surface area contributed by atoms with Crippen LogP contribution in [0.3, 0.4) is 0 Å². The Morgan fingerprint density at radius 2 is 1.97 bits per heavy atom. The number of carbonyl (C=O) groups excluding carboxylic acids is 1. The van der Waals surface area contributed by atoms with Crippen LogP contribution in [-0.4, -0.2) is 77.3 Å². The Morgan fingerprint density at radius 1 is 1.23 bits per heavy atom. The summed E-state index contributed by atoms with van der Waals surface area (Å²) in [4.78, 5) is 15.0. The van der Waals surface area contributed by atoms with Crippen molar-refractivity contribution in [2.45, 2.75) is 37.2 Å². The van der Waals surface area contributed by atoms with Crippen molar-refractivity contribution in [2.75, 3.05) is 38.0 Å². The van der Waals surface area contributed by atoms with E-state index in [9.17, 15) is 13.2 Å². The molecule has 3 N–H and O–H groups in total. The molecule has 0 radical (unpaired) electrons. The van der Waals surface area contributed by atoms with Gasteiger partial charge in [-0.3, -0.25) is 9.48 Å². The molecule has 1 aromatic heterocycles. The molecule has 1 aliphatic carbocycles. The predicted molar refractivity (Wildman–Crippen MR) is 116 cm³/mol. The van der Waals surface area contributed by atoms with Gasteiger partial charge in [0.25, 0.3) is 5.91 Å². The van der Waals surface area contributed by atoms with E-state index in [1.54, 1.807) is 29.1 Å². The van der Waals surface area contributed by atoms with Crippen molar-refractivity contribution in [3.63, 3.8) is 0 Å². The molecule has 1 aliphatic heterocycles. The number of nitrogens with one attached hydrogen (secondary N) is 1. The van der Waals surface area contributed by atoms with Crippen molar-refractivity contribution in [3.8, 4) is 0 Å². The highest BCUT2D eigenvalue weighted by molar-refractivity contribution is 7.89. The minimum Gasteiger partial charge on any atom is -0.328 e. The Balaban J connectivity index is 1.40. The topological polar surface area (TPSA) is 126 Å². The molecule has 0 unspecified atom stereocenters. The second-order valence-corrected chi connectivity index (χ2v) is 10.2. The third kappa shape index (κ3) is 4.95. The van der Waals surface area contributed by atoms with Crippen molar-refractivity contribution in [1.82, 2.24) is 24.2 Å². The smallest absolute Gasteiger partial charge is 0.277 e. The van der Waals surface area contributed by atoms with Crippen LogP contribution < -0.4 is 11.1 Å². The lowest BCUT2D eigenvalue weighted by Gasteiger charge is -2.33. The Labute approximate surface area is 182 Å². The molecule has 168 valence electrons. The molecule has 0 spiro atoms. The number of hydrogen-bond acceptors (Lipinski definition) is 7. The third-order valence-electron chi connectivity index (χ3n) is 6.00. The van der Waals surface area contributed by atoms with E-state index in [4.69, 9.17) is 5.73 Å². The second-order valence-electron chi connectivity index (χ2n) is 8.24. The number of anilines is 1. The summed E-state index contributed by atoms with van der Waals surface area (Å²) in [5, 5.41) is 10.7. The van der Waals surface area contributed by atoms with E-state index in [0.29, 0.717) is 44.3 Å². The number of amides is 1. The standard InChI is InChI=1S/C20H29N7O3S/c1-2-25-6-8-27(9-7-25)31(29,30)18-5-3-4-17(12-18)22-20(28)19-14-26(24-23-19)13-15-10-16(21)11-15/h3-5,12,14-16H,2,6-11,13,21H2,1H3,(H,22,28). The van der Waals surface area contributed by atoms with E-state index in [2.05, 4.69) is 27.5 Å². The summed E-state index contributed by atoms with van der Waals surface area (Å²) in [6.45, 7) is 6.02. The van der Waals surface area contributed by atoms with Crippen LogP contribution in [0.25, 0.3) is 0 Å². The number of aromatic nitrogens is 3. The number of benzene rings is 1. The maximum Gasteiger partial charge on any atom is 0.277 e. The van der Waals surface area contributed by atoms with Gasteiger partial charge in [-0.2, -0.15) is 4.31 Å². The van der Waals surface area contributed by atoms with Crippen LogP contribution in [0.2, 0.25) is 0 Å². The van der Waals surface area contributed by atoms with E-state index in [1.165, 1.54) is 10.4 Å². The number of rotatable bonds is 7. The molecule has 1 saturated carbocycles. The summed E-state index contributed by atoms with van der Waals surface area (Å²) < 4.78 is 29.2. The molecule has 0 atom stereocenters. The zero-order chi connectivity index (χ0) is 22.0. The quantitative estimate of drug-likeness (QED) is 0.636. The minimum absolute atomic E-state index is 0.167. The lowest BCUT2D eigenvalue weighted by Crippen LogP contribution is -2.48. The first-order chi connectivity index (χ1) is 14.8. The zero-order valence-corrected chi connectivity index (χ0v) is 18.5. The van der Waals surface area contributed by atoms with Gasteiger partial charge in [0, 0.05) is 44.5 Å². The van der Waals surface area contributed by atoms with E-state index in [0.717, 1.165) is 19.4 Å². The second kappa shape index (κ2) is 9.03. The van der Waals surface area contributed by atoms with Crippen molar-refractivity contribution >= 4 is 21.6 Å². The maximum absolute atomic E-state index is 13.0. The van der Waals surface area contributed by atoms with Crippen molar-refractivity contribution < 1.29 is 13.2 Å². The lowest BCUT2D eigenvalue weighted by molar-refractivity contribution is 0.102. The molecule has 2 aromatic rings. The SMILES string of the molecule is CCN1CCN(S(=O)(=O)c2cccc(NC(=O)c3cn(CC4CC(N)C4)nn3)c2)CC1.